The van der Waals surface area contributed by atoms with Crippen LogP contribution in [0.5, 0.6) is 5.75 Å². The quantitative estimate of drug-likeness (QED) is 0.567. The van der Waals surface area contributed by atoms with Gasteiger partial charge in [0, 0.05) is 6.42 Å². The van der Waals surface area contributed by atoms with E-state index in [4.69, 9.17) is 4.74 Å². The molecule has 1 unspecified atom stereocenters. The normalized spacial score (nSPS) is 18.1. The molecule has 0 amide bonds. The Morgan fingerprint density at radius 3 is 2.61 bits per heavy atom. The maximum atomic E-state index is 13.3. The zero-order valence-corrected chi connectivity index (χ0v) is 9.60. The second-order valence-corrected chi connectivity index (χ2v) is 4.28. The van der Waals surface area contributed by atoms with E-state index in [1.165, 1.54) is 0 Å². The predicted octanol–water partition coefficient (Wildman–Crippen LogP) is 3.15. The summed E-state index contributed by atoms with van der Waals surface area (Å²) in [6.07, 6.45) is -1.46. The van der Waals surface area contributed by atoms with Gasteiger partial charge in [-0.3, -0.25) is 0 Å². The summed E-state index contributed by atoms with van der Waals surface area (Å²) >= 11 is 0. The van der Waals surface area contributed by atoms with Gasteiger partial charge in [0.15, 0.2) is 0 Å². The zero-order chi connectivity index (χ0) is 12.5. The molecule has 1 atom stereocenters. The number of hydrogen-bond donors (Lipinski definition) is 0. The second kappa shape index (κ2) is 4.26. The van der Waals surface area contributed by atoms with Crippen molar-refractivity contribution in [3.8, 4) is 16.9 Å². The van der Waals surface area contributed by atoms with Crippen LogP contribution >= 0.6 is 0 Å². The molecule has 0 radical (unpaired) electrons. The molecular weight excluding hydrogens is 231 g/mol. The van der Waals surface area contributed by atoms with E-state index >= 15 is 0 Å². The highest BCUT2D eigenvalue weighted by atomic mass is 19.1. The Labute approximate surface area is 104 Å². The van der Waals surface area contributed by atoms with Crippen molar-refractivity contribution >= 4 is 5.97 Å². The number of hydrogen-bond acceptors (Lipinski definition) is 2. The number of halogens is 1. The van der Waals surface area contributed by atoms with E-state index in [9.17, 15) is 9.18 Å². The Balaban J connectivity index is 2.02. The van der Waals surface area contributed by atoms with Gasteiger partial charge < -0.3 is 4.74 Å². The lowest BCUT2D eigenvalue weighted by Crippen LogP contribution is -2.28. The molecule has 90 valence electrons. The minimum absolute atomic E-state index is 0.0921. The number of carbonyl (C=O) groups excluding carboxylic acids is 1. The average Bonchev–Trinajstić information content (AvgIpc) is 2.41. The van der Waals surface area contributed by atoms with E-state index in [1.807, 2.05) is 42.5 Å². The third kappa shape index (κ3) is 1.88. The standard InChI is InChI=1S/C15H11FO2/c16-13-9-12-8-11(10-4-2-1-3-5-10)6-7-14(12)18-15(13)17/h1-8,13H,9H2. The Hall–Kier alpha value is -2.16. The fourth-order valence-electron chi connectivity index (χ4n) is 2.10. The van der Waals surface area contributed by atoms with E-state index in [0.717, 1.165) is 16.7 Å². The molecule has 18 heavy (non-hydrogen) atoms. The molecule has 3 rings (SSSR count). The van der Waals surface area contributed by atoms with Gasteiger partial charge in [0.25, 0.3) is 0 Å². The van der Waals surface area contributed by atoms with E-state index in [0.29, 0.717) is 5.75 Å². The average molecular weight is 242 g/mol. The van der Waals surface area contributed by atoms with Gasteiger partial charge in [0.2, 0.25) is 6.17 Å². The molecule has 1 heterocycles. The molecule has 0 saturated heterocycles. The topological polar surface area (TPSA) is 26.3 Å². The van der Waals surface area contributed by atoms with Crippen molar-refractivity contribution < 1.29 is 13.9 Å². The van der Waals surface area contributed by atoms with Crippen LogP contribution in [-0.2, 0) is 11.2 Å². The molecule has 1 aliphatic rings. The summed E-state index contributed by atoms with van der Waals surface area (Å²) < 4.78 is 18.2. The van der Waals surface area contributed by atoms with Crippen molar-refractivity contribution in [1.29, 1.82) is 0 Å². The van der Waals surface area contributed by atoms with Crippen LogP contribution in [0, 0.1) is 0 Å². The summed E-state index contributed by atoms with van der Waals surface area (Å²) in [5.41, 5.74) is 2.80. The van der Waals surface area contributed by atoms with Gasteiger partial charge in [-0.2, -0.15) is 0 Å². The number of ether oxygens (including phenoxy) is 1. The monoisotopic (exact) mass is 242 g/mol. The van der Waals surface area contributed by atoms with Gasteiger partial charge in [0.05, 0.1) is 0 Å². The van der Waals surface area contributed by atoms with E-state index in [-0.39, 0.29) is 6.42 Å². The minimum Gasteiger partial charge on any atom is -0.424 e. The third-order valence-electron chi connectivity index (χ3n) is 3.03. The molecular formula is C15H11FO2. The van der Waals surface area contributed by atoms with E-state index in [1.54, 1.807) is 6.07 Å². The fourth-order valence-corrected chi connectivity index (χ4v) is 2.10. The molecule has 0 spiro atoms. The molecule has 1 aliphatic heterocycles. The number of alkyl halides is 1. The van der Waals surface area contributed by atoms with Crippen LogP contribution in [0.4, 0.5) is 4.39 Å². The number of esters is 1. The number of benzene rings is 2. The lowest BCUT2D eigenvalue weighted by Gasteiger charge is -2.19. The molecule has 2 aromatic rings. The molecule has 0 aliphatic carbocycles. The molecule has 3 heteroatoms. The first-order valence-electron chi connectivity index (χ1n) is 5.78. The molecule has 2 aromatic carbocycles. The Kier molecular flexibility index (Phi) is 2.59. The first kappa shape index (κ1) is 11.0. The summed E-state index contributed by atoms with van der Waals surface area (Å²) in [6.45, 7) is 0. The molecule has 2 nitrogen and oxygen atoms in total. The maximum absolute atomic E-state index is 13.3. The zero-order valence-electron chi connectivity index (χ0n) is 9.60. The van der Waals surface area contributed by atoms with Gasteiger partial charge in [-0.25, -0.2) is 9.18 Å². The molecule has 0 aromatic heterocycles. The van der Waals surface area contributed by atoms with Crippen molar-refractivity contribution in [2.75, 3.05) is 0 Å². The smallest absolute Gasteiger partial charge is 0.346 e. The van der Waals surface area contributed by atoms with Crippen molar-refractivity contribution in [3.63, 3.8) is 0 Å². The molecule has 0 fully saturated rings. The van der Waals surface area contributed by atoms with Crippen molar-refractivity contribution in [1.82, 2.24) is 0 Å². The molecule has 0 N–H and O–H groups in total. The summed E-state index contributed by atoms with van der Waals surface area (Å²) in [5, 5.41) is 0. The van der Waals surface area contributed by atoms with Crippen LogP contribution < -0.4 is 4.74 Å². The Bertz CT molecular complexity index is 593. The number of fused-ring (bicyclic) bond motifs is 1. The number of carbonyl (C=O) groups is 1. The van der Waals surface area contributed by atoms with Crippen molar-refractivity contribution in [2.45, 2.75) is 12.6 Å². The fraction of sp³-hybridized carbons (Fsp3) is 0.133. The van der Waals surface area contributed by atoms with Crippen LogP contribution in [0.1, 0.15) is 5.56 Å². The van der Waals surface area contributed by atoms with Crippen LogP contribution in [0.15, 0.2) is 48.5 Å². The van der Waals surface area contributed by atoms with Crippen LogP contribution in [0.2, 0.25) is 0 Å². The lowest BCUT2D eigenvalue weighted by atomic mass is 9.98. The van der Waals surface area contributed by atoms with E-state index < -0.39 is 12.1 Å². The van der Waals surface area contributed by atoms with Crippen molar-refractivity contribution in [2.24, 2.45) is 0 Å². The second-order valence-electron chi connectivity index (χ2n) is 4.28. The van der Waals surface area contributed by atoms with Crippen LogP contribution in [-0.4, -0.2) is 12.1 Å². The third-order valence-corrected chi connectivity index (χ3v) is 3.03. The Morgan fingerprint density at radius 2 is 1.83 bits per heavy atom. The minimum atomic E-state index is -1.55. The van der Waals surface area contributed by atoms with Gasteiger partial charge in [0.1, 0.15) is 5.75 Å². The summed E-state index contributed by atoms with van der Waals surface area (Å²) in [5.74, 6) is -0.330. The van der Waals surface area contributed by atoms with Crippen molar-refractivity contribution in [3.05, 3.63) is 54.1 Å². The van der Waals surface area contributed by atoms with E-state index in [2.05, 4.69) is 0 Å². The van der Waals surface area contributed by atoms with Crippen LogP contribution in [0.25, 0.3) is 11.1 Å². The summed E-state index contributed by atoms with van der Waals surface area (Å²) in [7, 11) is 0. The predicted molar refractivity (Wildman–Crippen MR) is 66.1 cm³/mol. The van der Waals surface area contributed by atoms with Gasteiger partial charge in [-0.1, -0.05) is 36.4 Å². The first-order chi connectivity index (χ1) is 8.74. The van der Waals surface area contributed by atoms with Crippen LogP contribution in [0.3, 0.4) is 0 Å². The maximum Gasteiger partial charge on any atom is 0.346 e. The molecule has 0 saturated carbocycles. The highest BCUT2D eigenvalue weighted by Crippen LogP contribution is 2.31. The van der Waals surface area contributed by atoms with Gasteiger partial charge >= 0.3 is 5.97 Å². The van der Waals surface area contributed by atoms with Gasteiger partial charge in [-0.05, 0) is 28.8 Å². The Morgan fingerprint density at radius 1 is 1.06 bits per heavy atom. The first-order valence-corrected chi connectivity index (χ1v) is 5.78. The summed E-state index contributed by atoms with van der Waals surface area (Å²) in [4.78, 5) is 11.1. The molecule has 0 bridgehead atoms. The lowest BCUT2D eigenvalue weighted by molar-refractivity contribution is -0.141. The SMILES string of the molecule is O=C1Oc2ccc(-c3ccccc3)cc2CC1F. The highest BCUT2D eigenvalue weighted by molar-refractivity contribution is 5.80. The number of rotatable bonds is 1. The van der Waals surface area contributed by atoms with Gasteiger partial charge in [-0.15, -0.1) is 0 Å². The summed E-state index contributed by atoms with van der Waals surface area (Å²) in [6, 6.07) is 15.3. The largest absolute Gasteiger partial charge is 0.424 e. The highest BCUT2D eigenvalue weighted by Gasteiger charge is 2.28.